The van der Waals surface area contributed by atoms with Gasteiger partial charge in [-0.05, 0) is 110 Å². The second kappa shape index (κ2) is 13.9. The summed E-state index contributed by atoms with van der Waals surface area (Å²) in [6, 6.07) is 76.8. The van der Waals surface area contributed by atoms with Gasteiger partial charge in [-0.15, -0.1) is 0 Å². The SMILES string of the molecule is CC1(C)c2ccccc2-c2ccc(N(c3cccc(-c4ccccc4)c3)c3cccc4c3-c3c(-c5cccc(-c6ccccc6)c5)cccc3-c3ccccc3O4)cc21. The van der Waals surface area contributed by atoms with Crippen LogP contribution in [0.3, 0.4) is 0 Å². The minimum absolute atomic E-state index is 0.165. The summed E-state index contributed by atoms with van der Waals surface area (Å²) in [6.45, 7) is 4.71. The van der Waals surface area contributed by atoms with Gasteiger partial charge in [-0.3, -0.25) is 0 Å². The van der Waals surface area contributed by atoms with E-state index in [1.165, 1.54) is 38.9 Å². The van der Waals surface area contributed by atoms with Gasteiger partial charge in [-0.2, -0.15) is 0 Å². The molecule has 0 saturated carbocycles. The quantitative estimate of drug-likeness (QED) is 0.168. The summed E-state index contributed by atoms with van der Waals surface area (Å²) in [5.41, 5.74) is 19.7. The van der Waals surface area contributed by atoms with Crippen molar-refractivity contribution in [3.8, 4) is 78.3 Å². The molecule has 0 spiro atoms. The lowest BCUT2D eigenvalue weighted by atomic mass is 9.82. The van der Waals surface area contributed by atoms with Crippen LogP contribution in [0.25, 0.3) is 66.8 Å². The summed E-state index contributed by atoms with van der Waals surface area (Å²) in [4.78, 5) is 2.45. The van der Waals surface area contributed by atoms with Crippen molar-refractivity contribution in [3.05, 3.63) is 223 Å². The van der Waals surface area contributed by atoms with Gasteiger partial charge in [0.2, 0.25) is 0 Å². The van der Waals surface area contributed by atoms with E-state index < -0.39 is 0 Å². The second-order valence-corrected chi connectivity index (χ2v) is 16.1. The maximum atomic E-state index is 7.05. The molecule has 0 saturated heterocycles. The Morgan fingerprint density at radius 2 is 0.881 bits per heavy atom. The molecule has 0 aromatic heterocycles. The molecular formula is C57H41NO. The van der Waals surface area contributed by atoms with Gasteiger partial charge in [0, 0.05) is 33.5 Å². The van der Waals surface area contributed by atoms with E-state index >= 15 is 0 Å². The van der Waals surface area contributed by atoms with Gasteiger partial charge in [0.1, 0.15) is 11.5 Å². The van der Waals surface area contributed by atoms with Crippen molar-refractivity contribution in [2.45, 2.75) is 19.3 Å². The zero-order chi connectivity index (χ0) is 39.5. The molecule has 1 aliphatic carbocycles. The van der Waals surface area contributed by atoms with Gasteiger partial charge in [0.15, 0.2) is 0 Å². The average molecular weight is 756 g/mol. The third-order valence-electron chi connectivity index (χ3n) is 12.3. The van der Waals surface area contributed by atoms with Crippen molar-refractivity contribution in [2.24, 2.45) is 0 Å². The summed E-state index contributed by atoms with van der Waals surface area (Å²) in [6.07, 6.45) is 0. The summed E-state index contributed by atoms with van der Waals surface area (Å²) in [5, 5.41) is 0. The van der Waals surface area contributed by atoms with Crippen molar-refractivity contribution < 1.29 is 4.74 Å². The first-order valence-electron chi connectivity index (χ1n) is 20.4. The van der Waals surface area contributed by atoms with Crippen LogP contribution in [0.2, 0.25) is 0 Å². The predicted molar refractivity (Wildman–Crippen MR) is 246 cm³/mol. The van der Waals surface area contributed by atoms with Crippen molar-refractivity contribution in [2.75, 3.05) is 4.90 Å². The highest BCUT2D eigenvalue weighted by Gasteiger charge is 2.36. The molecule has 0 radical (unpaired) electrons. The highest BCUT2D eigenvalue weighted by molar-refractivity contribution is 6.05. The number of ether oxygens (including phenoxy) is 1. The van der Waals surface area contributed by atoms with Gasteiger partial charge >= 0.3 is 0 Å². The zero-order valence-corrected chi connectivity index (χ0v) is 33.1. The number of fused-ring (bicyclic) bond motifs is 8. The van der Waals surface area contributed by atoms with Crippen LogP contribution < -0.4 is 9.64 Å². The minimum Gasteiger partial charge on any atom is -0.456 e. The van der Waals surface area contributed by atoms with Crippen LogP contribution in [0.5, 0.6) is 11.5 Å². The van der Waals surface area contributed by atoms with Gasteiger partial charge < -0.3 is 9.64 Å². The molecule has 0 amide bonds. The lowest BCUT2D eigenvalue weighted by Crippen LogP contribution is -2.17. The van der Waals surface area contributed by atoms with Crippen molar-refractivity contribution in [1.82, 2.24) is 0 Å². The highest BCUT2D eigenvalue weighted by atomic mass is 16.5. The van der Waals surface area contributed by atoms with Crippen LogP contribution in [-0.2, 0) is 5.41 Å². The van der Waals surface area contributed by atoms with E-state index in [1.807, 2.05) is 0 Å². The Hall–Kier alpha value is -7.42. The van der Waals surface area contributed by atoms with E-state index in [2.05, 4.69) is 231 Å². The number of hydrogen-bond acceptors (Lipinski definition) is 2. The van der Waals surface area contributed by atoms with Crippen molar-refractivity contribution >= 4 is 17.1 Å². The van der Waals surface area contributed by atoms with Gasteiger partial charge in [0.05, 0.1) is 5.69 Å². The Morgan fingerprint density at radius 1 is 0.339 bits per heavy atom. The third kappa shape index (κ3) is 5.79. The highest BCUT2D eigenvalue weighted by Crippen LogP contribution is 2.56. The van der Waals surface area contributed by atoms with Crippen molar-refractivity contribution in [3.63, 3.8) is 0 Å². The van der Waals surface area contributed by atoms with E-state index in [0.29, 0.717) is 0 Å². The molecule has 0 atom stereocenters. The Labute approximate surface area is 346 Å². The van der Waals surface area contributed by atoms with Gasteiger partial charge in [-0.25, -0.2) is 0 Å². The molecule has 0 N–H and O–H groups in total. The first-order chi connectivity index (χ1) is 29.0. The number of rotatable bonds is 6. The number of nitrogens with zero attached hydrogens (tertiary/aromatic N) is 1. The zero-order valence-electron chi connectivity index (χ0n) is 33.1. The van der Waals surface area contributed by atoms with Crippen LogP contribution in [-0.4, -0.2) is 0 Å². The maximum Gasteiger partial charge on any atom is 0.137 e. The molecule has 0 fully saturated rings. The largest absolute Gasteiger partial charge is 0.456 e. The Balaban J connectivity index is 1.19. The molecule has 2 nitrogen and oxygen atoms in total. The Kier molecular flexibility index (Phi) is 8.20. The third-order valence-corrected chi connectivity index (χ3v) is 12.3. The molecule has 1 aliphatic heterocycles. The number of para-hydroxylation sites is 1. The van der Waals surface area contributed by atoms with Crippen molar-refractivity contribution in [1.29, 1.82) is 0 Å². The normalized spacial score (nSPS) is 12.8. The molecule has 0 unspecified atom stereocenters. The molecule has 59 heavy (non-hydrogen) atoms. The van der Waals surface area contributed by atoms with Crippen LogP contribution in [0.4, 0.5) is 17.1 Å². The van der Waals surface area contributed by atoms with Gasteiger partial charge in [-0.1, -0.05) is 178 Å². The number of hydrogen-bond donors (Lipinski definition) is 0. The van der Waals surface area contributed by atoms with Gasteiger partial charge in [0.25, 0.3) is 0 Å². The van der Waals surface area contributed by atoms with E-state index in [0.717, 1.165) is 67.5 Å². The summed E-state index contributed by atoms with van der Waals surface area (Å²) >= 11 is 0. The lowest BCUT2D eigenvalue weighted by Gasteiger charge is -2.31. The predicted octanol–water partition coefficient (Wildman–Crippen LogP) is 15.9. The molecule has 280 valence electrons. The fraction of sp³-hybridized carbons (Fsp3) is 0.0526. The molecule has 11 rings (SSSR count). The Bertz CT molecular complexity index is 3050. The second-order valence-electron chi connectivity index (χ2n) is 16.1. The minimum atomic E-state index is -0.165. The number of benzene rings is 9. The van der Waals surface area contributed by atoms with E-state index in [-0.39, 0.29) is 5.41 Å². The van der Waals surface area contributed by atoms with Crippen LogP contribution >= 0.6 is 0 Å². The fourth-order valence-electron chi connectivity index (χ4n) is 9.44. The van der Waals surface area contributed by atoms with E-state index in [4.69, 9.17) is 4.74 Å². The molecule has 0 bridgehead atoms. The number of anilines is 3. The molecule has 9 aromatic carbocycles. The molecule has 2 heteroatoms. The molecule has 2 aliphatic rings. The monoisotopic (exact) mass is 755 g/mol. The van der Waals surface area contributed by atoms with Crippen LogP contribution in [0.1, 0.15) is 25.0 Å². The summed E-state index contributed by atoms with van der Waals surface area (Å²) in [5.74, 6) is 1.66. The average Bonchev–Trinajstić information content (AvgIpc) is 3.41. The van der Waals surface area contributed by atoms with E-state index in [9.17, 15) is 0 Å². The first kappa shape index (κ1) is 34.8. The molecule has 9 aromatic rings. The Morgan fingerprint density at radius 3 is 1.68 bits per heavy atom. The standard InChI is InChI=1S/C57H41NO/c1-57(2)50-29-11-9-25-46(50)47-34-33-44(37-51(47)57)58(43-24-14-22-41(36-43)39-19-7-4-8-20-39)52-30-16-32-54-56(52)55-45(27-15-28-49(55)48-26-10-12-31-53(48)59-54)42-23-13-21-40(35-42)38-17-5-3-6-18-38/h3-37H,1-2H3. The molecular weight excluding hydrogens is 715 g/mol. The lowest BCUT2D eigenvalue weighted by molar-refractivity contribution is 0.488. The topological polar surface area (TPSA) is 12.5 Å². The van der Waals surface area contributed by atoms with Crippen LogP contribution in [0, 0.1) is 0 Å². The first-order valence-corrected chi connectivity index (χ1v) is 20.4. The molecule has 1 heterocycles. The summed E-state index contributed by atoms with van der Waals surface area (Å²) in [7, 11) is 0. The smallest absolute Gasteiger partial charge is 0.137 e. The fourth-order valence-corrected chi connectivity index (χ4v) is 9.44. The van der Waals surface area contributed by atoms with E-state index in [1.54, 1.807) is 0 Å². The van der Waals surface area contributed by atoms with Crippen LogP contribution in [0.15, 0.2) is 212 Å². The maximum absolute atomic E-state index is 7.05. The summed E-state index contributed by atoms with van der Waals surface area (Å²) < 4.78 is 7.05.